The number of carbonyl (C=O) groups excluding carboxylic acids is 2. The Morgan fingerprint density at radius 3 is 1.69 bits per heavy atom. The van der Waals surface area contributed by atoms with Crippen molar-refractivity contribution in [2.24, 2.45) is 0 Å². The molecule has 0 radical (unpaired) electrons. The van der Waals surface area contributed by atoms with Gasteiger partial charge in [0.1, 0.15) is 0 Å². The second-order valence-electron chi connectivity index (χ2n) is 1.91. The van der Waals surface area contributed by atoms with E-state index < -0.39 is 11.9 Å². The summed E-state index contributed by atoms with van der Waals surface area (Å²) < 4.78 is 4.18. The van der Waals surface area contributed by atoms with Crippen LogP contribution in [0.3, 0.4) is 0 Å². The molecule has 0 saturated heterocycles. The SMILES string of the molecule is O=C(C=CCO)OC(=O)C=CCO. The van der Waals surface area contributed by atoms with E-state index in [-0.39, 0.29) is 13.2 Å². The van der Waals surface area contributed by atoms with Crippen molar-refractivity contribution < 1.29 is 24.5 Å². The Hall–Kier alpha value is -1.46. The number of aliphatic hydroxyl groups excluding tert-OH is 2. The van der Waals surface area contributed by atoms with Crippen LogP contribution in [0.2, 0.25) is 0 Å². The third-order valence-corrected chi connectivity index (χ3v) is 0.920. The third-order valence-electron chi connectivity index (χ3n) is 0.920. The van der Waals surface area contributed by atoms with E-state index in [9.17, 15) is 9.59 Å². The Bertz CT molecular complexity index is 205. The van der Waals surface area contributed by atoms with E-state index in [1.54, 1.807) is 0 Å². The second kappa shape index (κ2) is 7.20. The minimum atomic E-state index is -0.860. The molecule has 0 aromatic carbocycles. The average Bonchev–Trinajstić information content (AvgIpc) is 2.11. The van der Waals surface area contributed by atoms with Crippen molar-refractivity contribution in [3.05, 3.63) is 24.3 Å². The average molecular weight is 186 g/mol. The Morgan fingerprint density at radius 1 is 1.00 bits per heavy atom. The monoisotopic (exact) mass is 186 g/mol. The maximum Gasteiger partial charge on any atom is 0.338 e. The molecular formula is C8H10O5. The summed E-state index contributed by atoms with van der Waals surface area (Å²) in [7, 11) is 0. The number of hydrogen-bond acceptors (Lipinski definition) is 5. The molecule has 0 aromatic heterocycles. The van der Waals surface area contributed by atoms with Crippen LogP contribution < -0.4 is 0 Å². The number of rotatable bonds is 4. The fraction of sp³-hybridized carbons (Fsp3) is 0.250. The molecule has 5 nitrogen and oxygen atoms in total. The molecule has 0 heterocycles. The molecule has 0 atom stereocenters. The summed E-state index contributed by atoms with van der Waals surface area (Å²) in [5, 5.41) is 16.5. The van der Waals surface area contributed by atoms with Crippen molar-refractivity contribution in [1.82, 2.24) is 0 Å². The Labute approximate surface area is 74.9 Å². The van der Waals surface area contributed by atoms with Gasteiger partial charge in [-0.15, -0.1) is 0 Å². The molecule has 0 amide bonds. The van der Waals surface area contributed by atoms with Crippen molar-refractivity contribution >= 4 is 11.9 Å². The van der Waals surface area contributed by atoms with Gasteiger partial charge in [0, 0.05) is 12.2 Å². The molecule has 0 aliphatic carbocycles. The van der Waals surface area contributed by atoms with Crippen molar-refractivity contribution in [1.29, 1.82) is 0 Å². The van der Waals surface area contributed by atoms with Crippen LogP contribution in [-0.4, -0.2) is 35.4 Å². The second-order valence-corrected chi connectivity index (χ2v) is 1.91. The van der Waals surface area contributed by atoms with Gasteiger partial charge in [-0.05, 0) is 0 Å². The highest BCUT2D eigenvalue weighted by atomic mass is 16.6. The molecule has 72 valence electrons. The van der Waals surface area contributed by atoms with E-state index in [0.717, 1.165) is 24.3 Å². The number of hydrogen-bond donors (Lipinski definition) is 2. The standard InChI is InChI=1S/C8H10O5/c9-5-1-3-7(11)13-8(12)4-2-6-10/h1-4,9-10H,5-6H2. The fourth-order valence-electron chi connectivity index (χ4n) is 0.465. The molecule has 0 bridgehead atoms. The molecule has 0 unspecified atom stereocenters. The fourth-order valence-corrected chi connectivity index (χ4v) is 0.465. The first-order chi connectivity index (χ1) is 6.20. The van der Waals surface area contributed by atoms with E-state index in [0.29, 0.717) is 0 Å². The summed E-state index contributed by atoms with van der Waals surface area (Å²) in [6, 6.07) is 0. The molecule has 0 aromatic rings. The molecule has 2 N–H and O–H groups in total. The minimum Gasteiger partial charge on any atom is -0.392 e. The lowest BCUT2D eigenvalue weighted by Gasteiger charge is -1.92. The Balaban J connectivity index is 3.85. The molecule has 0 aliphatic heterocycles. The van der Waals surface area contributed by atoms with Crippen LogP contribution in [0.1, 0.15) is 0 Å². The molecule has 5 heteroatoms. The number of carbonyl (C=O) groups is 2. The van der Waals surface area contributed by atoms with Crippen LogP contribution in [0.5, 0.6) is 0 Å². The van der Waals surface area contributed by atoms with Gasteiger partial charge < -0.3 is 14.9 Å². The van der Waals surface area contributed by atoms with Crippen LogP contribution in [0.15, 0.2) is 24.3 Å². The first kappa shape index (κ1) is 11.5. The van der Waals surface area contributed by atoms with Gasteiger partial charge in [0.2, 0.25) is 0 Å². The Morgan fingerprint density at radius 2 is 1.38 bits per heavy atom. The van der Waals surface area contributed by atoms with Crippen molar-refractivity contribution in [3.63, 3.8) is 0 Å². The highest BCUT2D eigenvalue weighted by molar-refractivity contribution is 5.96. The van der Waals surface area contributed by atoms with Crippen molar-refractivity contribution in [2.45, 2.75) is 0 Å². The van der Waals surface area contributed by atoms with Crippen LogP contribution in [0.4, 0.5) is 0 Å². The van der Waals surface area contributed by atoms with E-state index in [1.165, 1.54) is 0 Å². The lowest BCUT2D eigenvalue weighted by Crippen LogP contribution is -2.07. The number of aliphatic hydroxyl groups is 2. The topological polar surface area (TPSA) is 83.8 Å². The van der Waals surface area contributed by atoms with Gasteiger partial charge in [-0.2, -0.15) is 0 Å². The van der Waals surface area contributed by atoms with Gasteiger partial charge in [-0.1, -0.05) is 12.2 Å². The molecule has 0 rings (SSSR count). The molecule has 0 aliphatic rings. The van der Waals surface area contributed by atoms with E-state index in [2.05, 4.69) is 4.74 Å². The van der Waals surface area contributed by atoms with Gasteiger partial charge in [0.25, 0.3) is 0 Å². The Kier molecular flexibility index (Phi) is 6.39. The lowest BCUT2D eigenvalue weighted by molar-refractivity contribution is -0.152. The van der Waals surface area contributed by atoms with Gasteiger partial charge in [0.05, 0.1) is 13.2 Å². The zero-order chi connectivity index (χ0) is 10.1. The predicted octanol–water partition coefficient (Wildman–Crippen LogP) is -0.847. The molecule has 13 heavy (non-hydrogen) atoms. The normalized spacial score (nSPS) is 10.9. The van der Waals surface area contributed by atoms with Crippen molar-refractivity contribution in [2.75, 3.05) is 13.2 Å². The smallest absolute Gasteiger partial charge is 0.338 e. The summed E-state index contributed by atoms with van der Waals surface area (Å²) in [6.07, 6.45) is 4.16. The summed E-state index contributed by atoms with van der Waals surface area (Å²) in [5.41, 5.74) is 0. The first-order valence-corrected chi connectivity index (χ1v) is 3.51. The summed E-state index contributed by atoms with van der Waals surface area (Å²) in [4.78, 5) is 21.3. The number of ether oxygens (including phenoxy) is 1. The molecule has 0 saturated carbocycles. The highest BCUT2D eigenvalue weighted by Crippen LogP contribution is 1.85. The summed E-state index contributed by atoms with van der Waals surface area (Å²) in [5.74, 6) is -1.72. The largest absolute Gasteiger partial charge is 0.392 e. The lowest BCUT2D eigenvalue weighted by atomic mass is 10.5. The zero-order valence-corrected chi connectivity index (χ0v) is 6.84. The molecule has 0 spiro atoms. The summed E-state index contributed by atoms with van der Waals surface area (Å²) in [6.45, 7) is -0.592. The van der Waals surface area contributed by atoms with Crippen molar-refractivity contribution in [3.8, 4) is 0 Å². The van der Waals surface area contributed by atoms with E-state index in [1.807, 2.05) is 0 Å². The van der Waals surface area contributed by atoms with Crippen LogP contribution >= 0.6 is 0 Å². The van der Waals surface area contributed by atoms with Gasteiger partial charge >= 0.3 is 11.9 Å². The summed E-state index contributed by atoms with van der Waals surface area (Å²) >= 11 is 0. The van der Waals surface area contributed by atoms with Crippen LogP contribution in [-0.2, 0) is 14.3 Å². The predicted molar refractivity (Wildman–Crippen MR) is 43.6 cm³/mol. The quantitative estimate of drug-likeness (QED) is 0.339. The minimum absolute atomic E-state index is 0.296. The van der Waals surface area contributed by atoms with Gasteiger partial charge in [-0.25, -0.2) is 9.59 Å². The first-order valence-electron chi connectivity index (χ1n) is 3.51. The van der Waals surface area contributed by atoms with Gasteiger partial charge in [0.15, 0.2) is 0 Å². The maximum absolute atomic E-state index is 10.6. The van der Waals surface area contributed by atoms with Crippen LogP contribution in [0.25, 0.3) is 0 Å². The van der Waals surface area contributed by atoms with E-state index in [4.69, 9.17) is 10.2 Å². The maximum atomic E-state index is 10.6. The number of esters is 2. The molecular weight excluding hydrogens is 176 g/mol. The molecule has 0 fully saturated rings. The highest BCUT2D eigenvalue weighted by Gasteiger charge is 2.01. The van der Waals surface area contributed by atoms with E-state index >= 15 is 0 Å². The third kappa shape index (κ3) is 6.92. The zero-order valence-electron chi connectivity index (χ0n) is 6.84. The van der Waals surface area contributed by atoms with Gasteiger partial charge in [-0.3, -0.25) is 0 Å². The van der Waals surface area contributed by atoms with Crippen LogP contribution in [0, 0.1) is 0 Å².